The minimum Gasteiger partial charge on any atom is -0.481 e. The van der Waals surface area contributed by atoms with Crippen molar-refractivity contribution in [1.29, 1.82) is 0 Å². The largest absolute Gasteiger partial charge is 0.481 e. The third-order valence-electron chi connectivity index (χ3n) is 2.85. The van der Waals surface area contributed by atoms with E-state index in [1.54, 1.807) is 0 Å². The fraction of sp³-hybridized carbons (Fsp3) is 0.733. The number of terminal acetylenes is 1. The highest BCUT2D eigenvalue weighted by Gasteiger charge is 2.15. The molecule has 0 aliphatic heterocycles. The van der Waals surface area contributed by atoms with Crippen LogP contribution in [0.15, 0.2) is 0 Å². The second-order valence-electron chi connectivity index (χ2n) is 5.39. The lowest BCUT2D eigenvalue weighted by atomic mass is 9.94. The zero-order chi connectivity index (χ0) is 15.4. The Balaban J connectivity index is 3.86. The molecule has 0 aromatic rings. The number of rotatable bonds is 10. The van der Waals surface area contributed by atoms with Crippen LogP contribution >= 0.6 is 0 Å². The van der Waals surface area contributed by atoms with E-state index in [1.807, 2.05) is 13.8 Å². The van der Waals surface area contributed by atoms with E-state index < -0.39 is 5.97 Å². The van der Waals surface area contributed by atoms with E-state index in [1.165, 1.54) is 0 Å². The summed E-state index contributed by atoms with van der Waals surface area (Å²) in [6.45, 7) is 5.06. The number of carboxylic acid groups (broad SMARTS) is 1. The number of aliphatic carboxylic acids is 1. The summed E-state index contributed by atoms with van der Waals surface area (Å²) in [6, 6.07) is -0.246. The van der Waals surface area contributed by atoms with Gasteiger partial charge in [-0.3, -0.25) is 4.79 Å². The fourth-order valence-electron chi connectivity index (χ4n) is 2.01. The molecule has 0 spiro atoms. The molecule has 5 heteroatoms. The van der Waals surface area contributed by atoms with E-state index in [9.17, 15) is 9.59 Å². The number of urea groups is 1. The van der Waals surface area contributed by atoms with Crippen molar-refractivity contribution < 1.29 is 14.7 Å². The van der Waals surface area contributed by atoms with Gasteiger partial charge < -0.3 is 15.7 Å². The molecule has 0 radical (unpaired) electrons. The van der Waals surface area contributed by atoms with Crippen LogP contribution in [0.3, 0.4) is 0 Å². The van der Waals surface area contributed by atoms with E-state index in [0.717, 1.165) is 25.7 Å². The van der Waals surface area contributed by atoms with Gasteiger partial charge in [0.05, 0.1) is 0 Å². The van der Waals surface area contributed by atoms with E-state index in [-0.39, 0.29) is 18.4 Å². The zero-order valence-corrected chi connectivity index (χ0v) is 12.4. The van der Waals surface area contributed by atoms with Crippen LogP contribution in [0.2, 0.25) is 0 Å². The van der Waals surface area contributed by atoms with Crippen molar-refractivity contribution in [3.05, 3.63) is 0 Å². The minimum atomic E-state index is -0.827. The van der Waals surface area contributed by atoms with E-state index in [0.29, 0.717) is 19.0 Å². The highest BCUT2D eigenvalue weighted by atomic mass is 16.4. The number of amides is 2. The van der Waals surface area contributed by atoms with Crippen molar-refractivity contribution in [1.82, 2.24) is 10.6 Å². The molecule has 0 aliphatic rings. The number of carbonyl (C=O) groups excluding carboxylic acids is 1. The molecule has 114 valence electrons. The van der Waals surface area contributed by atoms with Crippen molar-refractivity contribution in [2.24, 2.45) is 11.8 Å². The minimum absolute atomic E-state index is 0.0281. The number of hydrogen-bond acceptors (Lipinski definition) is 2. The molecule has 1 atom stereocenters. The zero-order valence-electron chi connectivity index (χ0n) is 12.4. The Morgan fingerprint density at radius 3 is 2.50 bits per heavy atom. The number of carbonyl (C=O) groups is 2. The molecule has 3 N–H and O–H groups in total. The molecule has 0 aromatic carbocycles. The predicted octanol–water partition coefficient (Wildman–Crippen LogP) is 2.23. The van der Waals surface area contributed by atoms with Crippen LogP contribution in [-0.4, -0.2) is 30.2 Å². The van der Waals surface area contributed by atoms with Crippen molar-refractivity contribution in [3.8, 4) is 12.3 Å². The second kappa shape index (κ2) is 11.2. The van der Waals surface area contributed by atoms with Crippen molar-refractivity contribution >= 4 is 12.0 Å². The van der Waals surface area contributed by atoms with Crippen LogP contribution in [0.4, 0.5) is 4.79 Å². The molecule has 0 rings (SSSR count). The summed E-state index contributed by atoms with van der Waals surface area (Å²) in [7, 11) is 0. The van der Waals surface area contributed by atoms with Crippen LogP contribution in [0.25, 0.3) is 0 Å². The molecular weight excluding hydrogens is 256 g/mol. The second-order valence-corrected chi connectivity index (χ2v) is 5.39. The molecule has 20 heavy (non-hydrogen) atoms. The Hall–Kier alpha value is -1.70. The van der Waals surface area contributed by atoms with Gasteiger partial charge in [0.2, 0.25) is 0 Å². The molecule has 5 nitrogen and oxygen atoms in total. The van der Waals surface area contributed by atoms with Crippen LogP contribution in [0.5, 0.6) is 0 Å². The number of nitrogens with one attached hydrogen (secondary N) is 2. The Bertz CT molecular complexity index is 335. The van der Waals surface area contributed by atoms with E-state index in [2.05, 4.69) is 16.6 Å². The van der Waals surface area contributed by atoms with Crippen LogP contribution in [-0.2, 0) is 4.79 Å². The molecule has 0 heterocycles. The molecule has 0 fully saturated rings. The van der Waals surface area contributed by atoms with Crippen LogP contribution < -0.4 is 10.6 Å². The summed E-state index contributed by atoms with van der Waals surface area (Å²) < 4.78 is 0. The van der Waals surface area contributed by atoms with Gasteiger partial charge in [0.25, 0.3) is 0 Å². The lowest BCUT2D eigenvalue weighted by Gasteiger charge is -2.18. The van der Waals surface area contributed by atoms with Crippen LogP contribution in [0, 0.1) is 24.2 Å². The van der Waals surface area contributed by atoms with Gasteiger partial charge >= 0.3 is 12.0 Å². The summed E-state index contributed by atoms with van der Waals surface area (Å²) in [5, 5.41) is 14.3. The number of hydrogen-bond donors (Lipinski definition) is 3. The number of unbranched alkanes of at least 4 members (excludes halogenated alkanes) is 2. The Labute approximate surface area is 121 Å². The van der Waals surface area contributed by atoms with Gasteiger partial charge in [-0.05, 0) is 31.1 Å². The maximum atomic E-state index is 11.5. The molecule has 1 unspecified atom stereocenters. The summed E-state index contributed by atoms with van der Waals surface area (Å²) in [5.41, 5.74) is 0. The molecule has 0 aliphatic carbocycles. The van der Waals surface area contributed by atoms with Gasteiger partial charge in [-0.1, -0.05) is 13.8 Å². The normalized spacial score (nSPS) is 11.7. The van der Waals surface area contributed by atoms with Crippen molar-refractivity contribution in [2.45, 2.75) is 46.0 Å². The molecular formula is C15H26N2O3. The standard InChI is InChI=1S/C15H26N2O3/c1-4-5-6-7-8-16-15(20)17-11-13(9-12(2)3)10-14(18)19/h1,12-13H,5-11H2,2-3H3,(H,18,19)(H2,16,17,20). The van der Waals surface area contributed by atoms with Gasteiger partial charge in [-0.15, -0.1) is 12.3 Å². The first kappa shape index (κ1) is 18.3. The average Bonchev–Trinajstić information content (AvgIpc) is 2.34. The summed E-state index contributed by atoms with van der Waals surface area (Å²) in [5.74, 6) is 2.10. The summed E-state index contributed by atoms with van der Waals surface area (Å²) in [6.07, 6.45) is 8.47. The quantitative estimate of drug-likeness (QED) is 0.424. The van der Waals surface area contributed by atoms with Gasteiger partial charge in [-0.2, -0.15) is 0 Å². The Morgan fingerprint density at radius 2 is 1.95 bits per heavy atom. The van der Waals surface area contributed by atoms with Gasteiger partial charge in [0.1, 0.15) is 0 Å². The monoisotopic (exact) mass is 282 g/mol. The Morgan fingerprint density at radius 1 is 1.25 bits per heavy atom. The summed E-state index contributed by atoms with van der Waals surface area (Å²) >= 11 is 0. The summed E-state index contributed by atoms with van der Waals surface area (Å²) in [4.78, 5) is 22.3. The van der Waals surface area contributed by atoms with Gasteiger partial charge in [0.15, 0.2) is 0 Å². The SMILES string of the molecule is C#CCCCCNC(=O)NCC(CC(=O)O)CC(C)C. The maximum Gasteiger partial charge on any atom is 0.314 e. The molecule has 0 saturated carbocycles. The molecule has 0 saturated heterocycles. The van der Waals surface area contributed by atoms with Gasteiger partial charge in [-0.25, -0.2) is 4.79 Å². The topological polar surface area (TPSA) is 78.4 Å². The smallest absolute Gasteiger partial charge is 0.314 e. The molecule has 2 amide bonds. The van der Waals surface area contributed by atoms with Crippen molar-refractivity contribution in [3.63, 3.8) is 0 Å². The van der Waals surface area contributed by atoms with Crippen molar-refractivity contribution in [2.75, 3.05) is 13.1 Å². The van der Waals surface area contributed by atoms with Gasteiger partial charge in [0, 0.05) is 25.9 Å². The van der Waals surface area contributed by atoms with E-state index >= 15 is 0 Å². The third-order valence-corrected chi connectivity index (χ3v) is 2.85. The third kappa shape index (κ3) is 11.4. The Kier molecular flexibility index (Phi) is 10.2. The average molecular weight is 282 g/mol. The molecule has 0 aromatic heterocycles. The molecule has 0 bridgehead atoms. The first-order valence-corrected chi connectivity index (χ1v) is 7.12. The lowest BCUT2D eigenvalue weighted by molar-refractivity contribution is -0.138. The number of carboxylic acids is 1. The lowest BCUT2D eigenvalue weighted by Crippen LogP contribution is -2.39. The predicted molar refractivity (Wildman–Crippen MR) is 79.3 cm³/mol. The fourth-order valence-corrected chi connectivity index (χ4v) is 2.01. The van der Waals surface area contributed by atoms with E-state index in [4.69, 9.17) is 11.5 Å². The highest BCUT2D eigenvalue weighted by molar-refractivity contribution is 5.74. The first-order chi connectivity index (χ1) is 9.45. The maximum absolute atomic E-state index is 11.5. The van der Waals surface area contributed by atoms with Crippen LogP contribution in [0.1, 0.15) is 46.0 Å². The first-order valence-electron chi connectivity index (χ1n) is 7.12. The highest BCUT2D eigenvalue weighted by Crippen LogP contribution is 2.14.